The Bertz CT molecular complexity index is 656. The van der Waals surface area contributed by atoms with Crippen LogP contribution in [0.3, 0.4) is 0 Å². The third-order valence-electron chi connectivity index (χ3n) is 3.88. The molecule has 0 spiro atoms. The Morgan fingerprint density at radius 1 is 1.25 bits per heavy atom. The molecule has 0 radical (unpaired) electrons. The van der Waals surface area contributed by atoms with Crippen LogP contribution in [0.4, 0.5) is 0 Å². The van der Waals surface area contributed by atoms with Crippen molar-refractivity contribution in [2.24, 2.45) is 13.0 Å². The molecule has 0 fully saturated rings. The first kappa shape index (κ1) is 12.9. The number of benzene rings is 1. The molecular weight excluding hydrogens is 252 g/mol. The van der Waals surface area contributed by atoms with Gasteiger partial charge in [-0.2, -0.15) is 5.10 Å². The predicted octanol–water partition coefficient (Wildman–Crippen LogP) is 2.86. The van der Waals surface area contributed by atoms with Crippen LogP contribution in [0, 0.1) is 5.92 Å². The molecular formula is C16H18N2O2. The average molecular weight is 270 g/mol. The number of aryl methyl sites for hydroxylation is 1. The van der Waals surface area contributed by atoms with Gasteiger partial charge in [-0.1, -0.05) is 6.92 Å². The fraction of sp³-hybridized carbons (Fsp3) is 0.375. The maximum absolute atomic E-state index is 12.3. The maximum Gasteiger partial charge on any atom is 0.167 e. The number of carbonyl (C=O) groups is 1. The van der Waals surface area contributed by atoms with Crippen molar-refractivity contribution in [1.29, 1.82) is 0 Å². The van der Waals surface area contributed by atoms with Gasteiger partial charge < -0.3 is 4.74 Å². The largest absolute Gasteiger partial charge is 0.497 e. The van der Waals surface area contributed by atoms with Crippen molar-refractivity contribution in [2.75, 3.05) is 7.11 Å². The van der Waals surface area contributed by atoms with Gasteiger partial charge in [0, 0.05) is 24.7 Å². The molecule has 0 amide bonds. The van der Waals surface area contributed by atoms with E-state index in [1.54, 1.807) is 7.11 Å². The summed E-state index contributed by atoms with van der Waals surface area (Å²) in [5, 5.41) is 4.56. The lowest BCUT2D eigenvalue weighted by Gasteiger charge is -2.18. The minimum atomic E-state index is 0.206. The van der Waals surface area contributed by atoms with Gasteiger partial charge in [0.15, 0.2) is 5.78 Å². The van der Waals surface area contributed by atoms with E-state index in [-0.39, 0.29) is 5.78 Å². The van der Waals surface area contributed by atoms with Crippen LogP contribution in [0.5, 0.6) is 5.75 Å². The molecule has 2 aromatic rings. The highest BCUT2D eigenvalue weighted by molar-refractivity contribution is 6.03. The lowest BCUT2D eigenvalue weighted by Crippen LogP contribution is -2.19. The number of aromatic nitrogens is 2. The van der Waals surface area contributed by atoms with Gasteiger partial charge in [-0.3, -0.25) is 9.48 Å². The van der Waals surface area contributed by atoms with Crippen LogP contribution in [-0.2, 0) is 13.5 Å². The molecule has 1 heterocycles. The molecule has 0 N–H and O–H groups in total. The molecule has 0 saturated carbocycles. The van der Waals surface area contributed by atoms with E-state index >= 15 is 0 Å². The number of hydrogen-bond donors (Lipinski definition) is 0. The SMILES string of the molecule is COc1ccc(-c2nn(C)c3c2C(=O)C[C@H](C)C3)cc1. The summed E-state index contributed by atoms with van der Waals surface area (Å²) < 4.78 is 7.02. The van der Waals surface area contributed by atoms with E-state index in [2.05, 4.69) is 12.0 Å². The standard InChI is InChI=1S/C16H18N2O2/c1-10-8-13-15(14(19)9-10)16(17-18(13)2)11-4-6-12(20-3)7-5-11/h4-7,10H,8-9H2,1-3H3/t10-/m1/s1. The quantitative estimate of drug-likeness (QED) is 0.842. The molecule has 1 aromatic heterocycles. The molecule has 1 aliphatic carbocycles. The van der Waals surface area contributed by atoms with E-state index in [0.717, 1.165) is 34.7 Å². The Labute approximate surface area is 118 Å². The first-order valence-electron chi connectivity index (χ1n) is 6.83. The minimum absolute atomic E-state index is 0.206. The summed E-state index contributed by atoms with van der Waals surface area (Å²) in [4.78, 5) is 12.3. The molecule has 4 nitrogen and oxygen atoms in total. The fourth-order valence-corrected chi connectivity index (χ4v) is 2.86. The number of methoxy groups -OCH3 is 1. The third kappa shape index (κ3) is 2.01. The van der Waals surface area contributed by atoms with Crippen molar-refractivity contribution in [3.63, 3.8) is 0 Å². The molecule has 104 valence electrons. The fourth-order valence-electron chi connectivity index (χ4n) is 2.86. The van der Waals surface area contributed by atoms with Crippen molar-refractivity contribution < 1.29 is 9.53 Å². The maximum atomic E-state index is 12.3. The number of ketones is 1. The molecule has 0 saturated heterocycles. The van der Waals surface area contributed by atoms with Gasteiger partial charge in [-0.25, -0.2) is 0 Å². The molecule has 1 aliphatic rings. The second-order valence-corrected chi connectivity index (χ2v) is 5.46. The normalized spacial score (nSPS) is 17.9. The van der Waals surface area contributed by atoms with Gasteiger partial charge in [-0.15, -0.1) is 0 Å². The zero-order valence-corrected chi connectivity index (χ0v) is 12.0. The van der Waals surface area contributed by atoms with E-state index in [1.807, 2.05) is 36.0 Å². The molecule has 0 aliphatic heterocycles. The lowest BCUT2D eigenvalue weighted by atomic mass is 9.86. The Balaban J connectivity index is 2.10. The number of hydrogen-bond acceptors (Lipinski definition) is 3. The summed E-state index contributed by atoms with van der Waals surface area (Å²) in [6.45, 7) is 2.11. The van der Waals surface area contributed by atoms with Gasteiger partial charge >= 0.3 is 0 Å². The summed E-state index contributed by atoms with van der Waals surface area (Å²) >= 11 is 0. The summed E-state index contributed by atoms with van der Waals surface area (Å²) in [5.41, 5.74) is 3.61. The lowest BCUT2D eigenvalue weighted by molar-refractivity contribution is 0.0953. The number of nitrogens with zero attached hydrogens (tertiary/aromatic N) is 2. The highest BCUT2D eigenvalue weighted by Crippen LogP contribution is 2.33. The van der Waals surface area contributed by atoms with Crippen LogP contribution in [0.15, 0.2) is 24.3 Å². The molecule has 1 atom stereocenters. The van der Waals surface area contributed by atoms with Crippen molar-refractivity contribution in [2.45, 2.75) is 19.8 Å². The van der Waals surface area contributed by atoms with E-state index in [1.165, 1.54) is 0 Å². The van der Waals surface area contributed by atoms with Crippen LogP contribution in [-0.4, -0.2) is 22.7 Å². The molecule has 4 heteroatoms. The van der Waals surface area contributed by atoms with Crippen LogP contribution in [0.25, 0.3) is 11.3 Å². The van der Waals surface area contributed by atoms with Crippen molar-refractivity contribution in [3.05, 3.63) is 35.5 Å². The Morgan fingerprint density at radius 3 is 2.60 bits per heavy atom. The van der Waals surface area contributed by atoms with Crippen LogP contribution in [0.2, 0.25) is 0 Å². The van der Waals surface area contributed by atoms with E-state index < -0.39 is 0 Å². The van der Waals surface area contributed by atoms with Gasteiger partial charge in [0.25, 0.3) is 0 Å². The Morgan fingerprint density at radius 2 is 1.95 bits per heavy atom. The zero-order valence-electron chi connectivity index (χ0n) is 12.0. The van der Waals surface area contributed by atoms with Gasteiger partial charge in [-0.05, 0) is 36.6 Å². The highest BCUT2D eigenvalue weighted by atomic mass is 16.5. The molecule has 0 unspecified atom stereocenters. The molecule has 20 heavy (non-hydrogen) atoms. The van der Waals surface area contributed by atoms with Crippen molar-refractivity contribution in [1.82, 2.24) is 9.78 Å². The topological polar surface area (TPSA) is 44.1 Å². The molecule has 0 bridgehead atoms. The van der Waals surface area contributed by atoms with Crippen LogP contribution >= 0.6 is 0 Å². The van der Waals surface area contributed by atoms with E-state index in [0.29, 0.717) is 12.3 Å². The smallest absolute Gasteiger partial charge is 0.167 e. The van der Waals surface area contributed by atoms with Crippen LogP contribution in [0.1, 0.15) is 29.4 Å². The second kappa shape index (κ2) is 4.78. The first-order chi connectivity index (χ1) is 9.60. The van der Waals surface area contributed by atoms with E-state index in [4.69, 9.17) is 4.74 Å². The summed E-state index contributed by atoms with van der Waals surface area (Å²) in [7, 11) is 3.56. The zero-order chi connectivity index (χ0) is 14.3. The molecule has 3 rings (SSSR count). The van der Waals surface area contributed by atoms with E-state index in [9.17, 15) is 4.79 Å². The predicted molar refractivity (Wildman–Crippen MR) is 77.0 cm³/mol. The summed E-state index contributed by atoms with van der Waals surface area (Å²) in [6, 6.07) is 7.69. The van der Waals surface area contributed by atoms with Crippen molar-refractivity contribution >= 4 is 5.78 Å². The number of fused-ring (bicyclic) bond motifs is 1. The second-order valence-electron chi connectivity index (χ2n) is 5.46. The minimum Gasteiger partial charge on any atom is -0.497 e. The van der Waals surface area contributed by atoms with Gasteiger partial charge in [0.05, 0.1) is 12.7 Å². The Hall–Kier alpha value is -2.10. The summed E-state index contributed by atoms with van der Waals surface area (Å²) in [5.74, 6) is 1.41. The number of carbonyl (C=O) groups excluding carboxylic acids is 1. The molecule has 1 aromatic carbocycles. The monoisotopic (exact) mass is 270 g/mol. The Kier molecular flexibility index (Phi) is 3.08. The number of Topliss-reactive ketones (excluding diaryl/α,β-unsaturated/α-hetero) is 1. The van der Waals surface area contributed by atoms with Gasteiger partial charge in [0.2, 0.25) is 0 Å². The first-order valence-corrected chi connectivity index (χ1v) is 6.83. The summed E-state index contributed by atoms with van der Waals surface area (Å²) in [6.07, 6.45) is 1.53. The average Bonchev–Trinajstić information content (AvgIpc) is 2.77. The van der Waals surface area contributed by atoms with Crippen molar-refractivity contribution in [3.8, 4) is 17.0 Å². The number of ether oxygens (including phenoxy) is 1. The van der Waals surface area contributed by atoms with Crippen LogP contribution < -0.4 is 4.74 Å². The number of rotatable bonds is 2. The third-order valence-corrected chi connectivity index (χ3v) is 3.88. The highest BCUT2D eigenvalue weighted by Gasteiger charge is 2.29. The van der Waals surface area contributed by atoms with Gasteiger partial charge in [0.1, 0.15) is 11.4 Å².